The van der Waals surface area contributed by atoms with Crippen LogP contribution in [0.15, 0.2) is 12.3 Å². The first-order chi connectivity index (χ1) is 9.41. The van der Waals surface area contributed by atoms with Gasteiger partial charge in [0.05, 0.1) is 0 Å². The van der Waals surface area contributed by atoms with Crippen LogP contribution in [0, 0.1) is 0 Å². The molecule has 0 aromatic heterocycles. The Kier molecular flexibility index (Phi) is 17.1. The number of hydrogen-bond acceptors (Lipinski definition) is 0. The van der Waals surface area contributed by atoms with E-state index in [1.165, 1.54) is 89.9 Å². The van der Waals surface area contributed by atoms with Gasteiger partial charge >= 0.3 is 0 Å². The lowest BCUT2D eigenvalue weighted by Crippen LogP contribution is -1.83. The molecule has 1 nitrogen and oxygen atoms in total. The summed E-state index contributed by atoms with van der Waals surface area (Å²) >= 11 is 0. The van der Waals surface area contributed by atoms with Crippen molar-refractivity contribution < 1.29 is 5.11 Å². The third-order valence-corrected chi connectivity index (χ3v) is 3.82. The van der Waals surface area contributed by atoms with Crippen LogP contribution in [0.4, 0.5) is 0 Å². The quantitative estimate of drug-likeness (QED) is 0.229. The number of rotatable bonds is 15. The second-order valence-electron chi connectivity index (χ2n) is 5.76. The summed E-state index contributed by atoms with van der Waals surface area (Å²) in [6, 6.07) is 0. The zero-order valence-electron chi connectivity index (χ0n) is 13.2. The Morgan fingerprint density at radius 3 is 1.32 bits per heavy atom. The minimum atomic E-state index is 0.919. The second-order valence-corrected chi connectivity index (χ2v) is 5.76. The molecule has 0 rings (SSSR count). The van der Waals surface area contributed by atoms with E-state index in [4.69, 9.17) is 0 Å². The average molecular weight is 267 g/mol. The summed E-state index contributed by atoms with van der Waals surface area (Å²) in [6.07, 6.45) is 23.1. The predicted molar refractivity (Wildman–Crippen MR) is 84.8 cm³/mol. The van der Waals surface area contributed by atoms with Crippen LogP contribution in [-0.2, 0) is 5.11 Å². The molecular formula is C18H35O. The summed E-state index contributed by atoms with van der Waals surface area (Å²) in [5, 5.41) is 10.1. The first-order valence-electron chi connectivity index (χ1n) is 8.68. The van der Waals surface area contributed by atoms with E-state index >= 15 is 0 Å². The predicted octanol–water partition coefficient (Wildman–Crippen LogP) is 6.80. The monoisotopic (exact) mass is 267 g/mol. The van der Waals surface area contributed by atoms with E-state index in [1.54, 1.807) is 6.08 Å². The summed E-state index contributed by atoms with van der Waals surface area (Å²) in [5.41, 5.74) is 0. The molecule has 0 spiro atoms. The van der Waals surface area contributed by atoms with Crippen LogP contribution in [0.3, 0.4) is 0 Å². The number of unbranched alkanes of at least 4 members (excludes halogenated alkanes) is 14. The topological polar surface area (TPSA) is 19.9 Å². The molecule has 113 valence electrons. The van der Waals surface area contributed by atoms with E-state index in [1.807, 2.05) is 0 Å². The summed E-state index contributed by atoms with van der Waals surface area (Å²) in [4.78, 5) is 0. The van der Waals surface area contributed by atoms with Gasteiger partial charge in [-0.05, 0) is 18.9 Å². The Morgan fingerprint density at radius 2 is 0.947 bits per heavy atom. The molecule has 0 aliphatic carbocycles. The molecule has 0 N–H and O–H groups in total. The largest absolute Gasteiger partial charge is 0.299 e. The Labute approximate surface area is 121 Å². The molecule has 0 fully saturated rings. The molecule has 0 saturated carbocycles. The highest BCUT2D eigenvalue weighted by atomic mass is 16.2. The van der Waals surface area contributed by atoms with Crippen LogP contribution in [-0.4, -0.2) is 0 Å². The number of allylic oxidation sites excluding steroid dienone is 1. The van der Waals surface area contributed by atoms with Gasteiger partial charge in [-0.1, -0.05) is 90.4 Å². The molecule has 0 heterocycles. The van der Waals surface area contributed by atoms with Gasteiger partial charge in [0.1, 0.15) is 6.26 Å². The van der Waals surface area contributed by atoms with E-state index in [2.05, 4.69) is 6.92 Å². The molecular weight excluding hydrogens is 232 g/mol. The molecule has 0 saturated heterocycles. The fourth-order valence-electron chi connectivity index (χ4n) is 2.52. The van der Waals surface area contributed by atoms with Gasteiger partial charge in [-0.2, -0.15) is 0 Å². The van der Waals surface area contributed by atoms with Crippen LogP contribution in [0.1, 0.15) is 103 Å². The normalized spacial score (nSPS) is 11.4. The van der Waals surface area contributed by atoms with Gasteiger partial charge in [0.25, 0.3) is 0 Å². The van der Waals surface area contributed by atoms with Gasteiger partial charge in [0, 0.05) is 0 Å². The molecule has 0 aliphatic rings. The van der Waals surface area contributed by atoms with Crippen molar-refractivity contribution in [2.45, 2.75) is 103 Å². The van der Waals surface area contributed by atoms with Gasteiger partial charge in [0.2, 0.25) is 0 Å². The molecule has 0 aromatic rings. The molecule has 0 aromatic carbocycles. The van der Waals surface area contributed by atoms with Crippen molar-refractivity contribution in [1.82, 2.24) is 0 Å². The van der Waals surface area contributed by atoms with Gasteiger partial charge in [0.15, 0.2) is 0 Å². The molecule has 1 heteroatoms. The van der Waals surface area contributed by atoms with Crippen molar-refractivity contribution in [2.24, 2.45) is 0 Å². The zero-order valence-corrected chi connectivity index (χ0v) is 13.2. The lowest BCUT2D eigenvalue weighted by Gasteiger charge is -2.02. The van der Waals surface area contributed by atoms with Crippen molar-refractivity contribution in [2.75, 3.05) is 0 Å². The number of hydrogen-bond donors (Lipinski definition) is 0. The summed E-state index contributed by atoms with van der Waals surface area (Å²) < 4.78 is 0. The Morgan fingerprint density at radius 1 is 0.579 bits per heavy atom. The van der Waals surface area contributed by atoms with Crippen LogP contribution in [0.5, 0.6) is 0 Å². The smallest absolute Gasteiger partial charge is 0.138 e. The molecule has 19 heavy (non-hydrogen) atoms. The van der Waals surface area contributed by atoms with Crippen molar-refractivity contribution in [1.29, 1.82) is 0 Å². The third-order valence-electron chi connectivity index (χ3n) is 3.82. The zero-order chi connectivity index (χ0) is 14.0. The van der Waals surface area contributed by atoms with E-state index in [9.17, 15) is 5.11 Å². The lowest BCUT2D eigenvalue weighted by molar-refractivity contribution is 0.349. The van der Waals surface area contributed by atoms with Crippen LogP contribution < -0.4 is 0 Å². The SMILES string of the molecule is CCCCCCCCCCCCCCCC/C=C/[O]. The molecule has 0 unspecified atom stereocenters. The Balaban J connectivity index is 2.91. The van der Waals surface area contributed by atoms with Gasteiger partial charge in [-0.25, -0.2) is 0 Å². The highest BCUT2D eigenvalue weighted by Gasteiger charge is 1.93. The summed E-state index contributed by atoms with van der Waals surface area (Å²) in [6.45, 7) is 2.28. The maximum atomic E-state index is 10.1. The summed E-state index contributed by atoms with van der Waals surface area (Å²) in [5.74, 6) is 0. The molecule has 0 amide bonds. The van der Waals surface area contributed by atoms with Gasteiger partial charge in [-0.3, -0.25) is 5.11 Å². The molecule has 1 radical (unpaired) electrons. The minimum absolute atomic E-state index is 0.919. The molecule has 0 bridgehead atoms. The maximum absolute atomic E-state index is 10.1. The molecule has 0 atom stereocenters. The third kappa shape index (κ3) is 17.5. The fourth-order valence-corrected chi connectivity index (χ4v) is 2.52. The van der Waals surface area contributed by atoms with Crippen LogP contribution in [0.2, 0.25) is 0 Å². The highest BCUT2D eigenvalue weighted by molar-refractivity contribution is 4.70. The van der Waals surface area contributed by atoms with Crippen LogP contribution >= 0.6 is 0 Å². The van der Waals surface area contributed by atoms with E-state index in [0.29, 0.717) is 0 Å². The van der Waals surface area contributed by atoms with Crippen molar-refractivity contribution in [3.8, 4) is 0 Å². The van der Waals surface area contributed by atoms with E-state index in [0.717, 1.165) is 12.7 Å². The fraction of sp³-hybridized carbons (Fsp3) is 0.889. The van der Waals surface area contributed by atoms with Crippen molar-refractivity contribution in [3.05, 3.63) is 12.3 Å². The molecule has 0 aliphatic heterocycles. The average Bonchev–Trinajstić information content (AvgIpc) is 2.43. The second kappa shape index (κ2) is 17.5. The van der Waals surface area contributed by atoms with Gasteiger partial charge in [-0.15, -0.1) is 0 Å². The van der Waals surface area contributed by atoms with Crippen LogP contribution in [0.25, 0.3) is 0 Å². The Bertz CT molecular complexity index is 175. The van der Waals surface area contributed by atoms with E-state index < -0.39 is 0 Å². The minimum Gasteiger partial charge on any atom is -0.299 e. The highest BCUT2D eigenvalue weighted by Crippen LogP contribution is 2.13. The van der Waals surface area contributed by atoms with Crippen molar-refractivity contribution in [3.63, 3.8) is 0 Å². The Hall–Kier alpha value is -0.460. The maximum Gasteiger partial charge on any atom is 0.138 e. The van der Waals surface area contributed by atoms with E-state index in [-0.39, 0.29) is 0 Å². The lowest BCUT2D eigenvalue weighted by atomic mass is 10.0. The van der Waals surface area contributed by atoms with Crippen molar-refractivity contribution >= 4 is 0 Å². The first kappa shape index (κ1) is 18.5. The standard InChI is InChI=1S/C18H35O/c1-2-3-4-5-6-7-8-9-10-11-12-13-14-15-16-17-18-19/h17-18H,2-16H2,1H3/b18-17+. The first-order valence-corrected chi connectivity index (χ1v) is 8.68. The summed E-state index contributed by atoms with van der Waals surface area (Å²) in [7, 11) is 0. The van der Waals surface area contributed by atoms with Gasteiger partial charge < -0.3 is 0 Å².